The summed E-state index contributed by atoms with van der Waals surface area (Å²) >= 11 is 0. The van der Waals surface area contributed by atoms with E-state index in [1.54, 1.807) is 0 Å². The zero-order chi connectivity index (χ0) is 31.5. The van der Waals surface area contributed by atoms with Crippen LogP contribution in [-0.4, -0.2) is 50.6 Å². The third-order valence-electron chi connectivity index (χ3n) is 8.55. The van der Waals surface area contributed by atoms with Crippen LogP contribution in [0.1, 0.15) is 187 Å². The van der Waals surface area contributed by atoms with Gasteiger partial charge in [-0.1, -0.05) is 155 Å². The molecular weight excluding hydrogens is 553 g/mol. The van der Waals surface area contributed by atoms with E-state index in [1.807, 2.05) is 0 Å². The second-order valence-corrected chi connectivity index (χ2v) is 15.0. The van der Waals surface area contributed by atoms with E-state index >= 15 is 0 Å². The Hall–Kier alpha value is 0.0300. The maximum atomic E-state index is 13.9. The summed E-state index contributed by atoms with van der Waals surface area (Å²) in [5.74, 6) is 0. The Morgan fingerprint density at radius 1 is 0.442 bits per heavy atom. The Balaban J connectivity index is 4.33. The van der Waals surface area contributed by atoms with Gasteiger partial charge >= 0.3 is 7.60 Å². The Labute approximate surface area is 270 Å². The van der Waals surface area contributed by atoms with Gasteiger partial charge in [0, 0.05) is 0 Å². The van der Waals surface area contributed by atoms with Gasteiger partial charge in [-0.2, -0.15) is 0 Å². The normalized spacial score (nSPS) is 12.1. The first kappa shape index (κ1) is 43.0. The quantitative estimate of drug-likeness (QED) is 0.0523. The van der Waals surface area contributed by atoms with Gasteiger partial charge in [0.05, 0.1) is 13.2 Å². The molecule has 0 spiro atoms. The van der Waals surface area contributed by atoms with Crippen molar-refractivity contribution in [3.8, 4) is 0 Å². The molecule has 6 nitrogen and oxygen atoms in total. The Morgan fingerprint density at radius 3 is 1.12 bits per heavy atom. The Morgan fingerprint density at radius 2 is 0.767 bits per heavy atom. The number of hydrogen-bond acceptors (Lipinski definition) is 6. The number of nitrogens with zero attached hydrogens (tertiary/aromatic N) is 1. The first-order valence-electron chi connectivity index (χ1n) is 19.1. The average Bonchev–Trinajstić information content (AvgIpc) is 3.00. The zero-order valence-corrected chi connectivity index (χ0v) is 30.2. The number of hydrogen-bond donors (Lipinski definition) is 2. The van der Waals surface area contributed by atoms with E-state index in [1.165, 1.54) is 128 Å². The molecule has 0 radical (unpaired) electrons. The summed E-state index contributed by atoms with van der Waals surface area (Å²) in [7, 11) is -3.18. The average molecular weight is 632 g/mol. The van der Waals surface area contributed by atoms with Gasteiger partial charge in [-0.05, 0) is 58.3 Å². The fraction of sp³-hybridized carbons (Fsp3) is 1.00. The second kappa shape index (κ2) is 34.9. The molecular formula is C36H78N3O3P. The van der Waals surface area contributed by atoms with Gasteiger partial charge in [0.1, 0.15) is 6.29 Å². The van der Waals surface area contributed by atoms with Crippen molar-refractivity contribution in [2.45, 2.75) is 187 Å². The van der Waals surface area contributed by atoms with Crippen LogP contribution >= 0.6 is 7.60 Å². The van der Waals surface area contributed by atoms with Crippen LogP contribution in [0.15, 0.2) is 0 Å². The fourth-order valence-electron chi connectivity index (χ4n) is 5.71. The molecule has 260 valence electrons. The van der Waals surface area contributed by atoms with Crippen LogP contribution in [0, 0.1) is 0 Å². The highest BCUT2D eigenvalue weighted by molar-refractivity contribution is 7.53. The molecule has 0 heterocycles. The van der Waals surface area contributed by atoms with Gasteiger partial charge in [0.15, 0.2) is 0 Å². The van der Waals surface area contributed by atoms with Gasteiger partial charge < -0.3 is 20.5 Å². The first-order valence-corrected chi connectivity index (χ1v) is 20.8. The summed E-state index contributed by atoms with van der Waals surface area (Å²) in [5, 5.41) is 0. The van der Waals surface area contributed by atoms with Crippen molar-refractivity contribution >= 4 is 7.60 Å². The van der Waals surface area contributed by atoms with E-state index in [-0.39, 0.29) is 0 Å². The van der Waals surface area contributed by atoms with E-state index in [4.69, 9.17) is 20.5 Å². The minimum atomic E-state index is -3.18. The molecule has 0 atom stereocenters. The van der Waals surface area contributed by atoms with E-state index in [0.29, 0.717) is 32.6 Å². The Bertz CT molecular complexity index is 548. The van der Waals surface area contributed by atoms with Crippen molar-refractivity contribution < 1.29 is 13.6 Å². The molecule has 0 fully saturated rings. The fourth-order valence-corrected chi connectivity index (χ4v) is 7.53. The monoisotopic (exact) mass is 632 g/mol. The zero-order valence-electron chi connectivity index (χ0n) is 29.3. The predicted molar refractivity (Wildman–Crippen MR) is 190 cm³/mol. The highest BCUT2D eigenvalue weighted by atomic mass is 31.2. The third kappa shape index (κ3) is 31.8. The van der Waals surface area contributed by atoms with Crippen LogP contribution in [0.4, 0.5) is 0 Å². The third-order valence-corrected chi connectivity index (χ3v) is 10.5. The predicted octanol–water partition coefficient (Wildman–Crippen LogP) is 11.0. The molecule has 0 aromatic rings. The topological polar surface area (TPSA) is 90.8 Å². The summed E-state index contributed by atoms with van der Waals surface area (Å²) < 4.78 is 26.0. The molecule has 0 aromatic heterocycles. The van der Waals surface area contributed by atoms with Gasteiger partial charge in [-0.3, -0.25) is 9.46 Å². The SMILES string of the molecule is CCCCCCCCCCCCCCOP(=O)(CN(CCCN)CCCCN)OCCCCCCCCCCCCCC. The lowest BCUT2D eigenvalue weighted by Crippen LogP contribution is -2.30. The molecule has 0 saturated carbocycles. The summed E-state index contributed by atoms with van der Waals surface area (Å²) in [6, 6.07) is 0. The maximum Gasteiger partial charge on any atom is 0.344 e. The van der Waals surface area contributed by atoms with Gasteiger partial charge in [0.25, 0.3) is 0 Å². The van der Waals surface area contributed by atoms with Gasteiger partial charge in [-0.25, -0.2) is 0 Å². The molecule has 0 saturated heterocycles. The Kier molecular flexibility index (Phi) is 34.9. The summed E-state index contributed by atoms with van der Waals surface area (Å²) in [4.78, 5) is 2.23. The van der Waals surface area contributed by atoms with Crippen LogP contribution in [0.25, 0.3) is 0 Å². The molecule has 0 unspecified atom stereocenters. The van der Waals surface area contributed by atoms with Crippen molar-refractivity contribution in [3.63, 3.8) is 0 Å². The minimum absolute atomic E-state index is 0.369. The molecule has 0 bridgehead atoms. The van der Waals surface area contributed by atoms with Crippen molar-refractivity contribution in [2.24, 2.45) is 11.5 Å². The summed E-state index contributed by atoms with van der Waals surface area (Å²) in [6.45, 7) is 8.63. The van der Waals surface area contributed by atoms with E-state index < -0.39 is 7.60 Å². The minimum Gasteiger partial charge on any atom is -0.330 e. The van der Waals surface area contributed by atoms with Crippen LogP contribution in [0.2, 0.25) is 0 Å². The lowest BCUT2D eigenvalue weighted by molar-refractivity contribution is 0.177. The lowest BCUT2D eigenvalue weighted by Gasteiger charge is -2.27. The largest absolute Gasteiger partial charge is 0.344 e. The van der Waals surface area contributed by atoms with E-state index in [0.717, 1.165) is 58.0 Å². The number of unbranched alkanes of at least 4 members (excludes halogenated alkanes) is 23. The van der Waals surface area contributed by atoms with Crippen molar-refractivity contribution in [3.05, 3.63) is 0 Å². The molecule has 0 rings (SSSR count). The molecule has 0 aromatic carbocycles. The highest BCUT2D eigenvalue weighted by Crippen LogP contribution is 2.49. The molecule has 0 aliphatic heterocycles. The summed E-state index contributed by atoms with van der Waals surface area (Å²) in [6.07, 6.45) is 34.6. The molecule has 7 heteroatoms. The number of rotatable bonds is 37. The van der Waals surface area contributed by atoms with Crippen molar-refractivity contribution in [2.75, 3.05) is 45.7 Å². The molecule has 43 heavy (non-hydrogen) atoms. The lowest BCUT2D eigenvalue weighted by atomic mass is 10.1. The first-order chi connectivity index (χ1) is 21.1. The standard InChI is InChI=1S/C36H78N3O3P/c1-3-5-7-9-11-13-15-17-19-21-23-27-34-41-43(40,36-39(33-29-31-38)32-26-25-30-37)42-35-28-24-22-20-18-16-14-12-10-8-6-4-2/h3-38H2,1-2H3. The molecule has 4 N–H and O–H groups in total. The smallest absolute Gasteiger partial charge is 0.330 e. The second-order valence-electron chi connectivity index (χ2n) is 13.0. The molecule has 0 amide bonds. The van der Waals surface area contributed by atoms with E-state index in [2.05, 4.69) is 18.7 Å². The highest BCUT2D eigenvalue weighted by Gasteiger charge is 2.27. The van der Waals surface area contributed by atoms with Gasteiger partial charge in [-0.15, -0.1) is 0 Å². The van der Waals surface area contributed by atoms with Crippen LogP contribution in [0.3, 0.4) is 0 Å². The molecule has 0 aliphatic carbocycles. The molecule has 0 aliphatic rings. The van der Waals surface area contributed by atoms with Crippen molar-refractivity contribution in [1.29, 1.82) is 0 Å². The number of nitrogens with two attached hydrogens (primary N) is 2. The van der Waals surface area contributed by atoms with E-state index in [9.17, 15) is 4.57 Å². The van der Waals surface area contributed by atoms with Crippen LogP contribution in [0.5, 0.6) is 0 Å². The van der Waals surface area contributed by atoms with Crippen molar-refractivity contribution in [1.82, 2.24) is 4.90 Å². The summed E-state index contributed by atoms with van der Waals surface area (Å²) in [5.41, 5.74) is 11.5. The van der Waals surface area contributed by atoms with Crippen LogP contribution in [-0.2, 0) is 13.6 Å². The maximum absolute atomic E-state index is 13.9. The van der Waals surface area contributed by atoms with Crippen LogP contribution < -0.4 is 11.5 Å². The van der Waals surface area contributed by atoms with Gasteiger partial charge in [0.2, 0.25) is 0 Å².